The van der Waals surface area contributed by atoms with Crippen molar-refractivity contribution >= 4 is 5.97 Å². The Morgan fingerprint density at radius 1 is 1.50 bits per heavy atom. The van der Waals surface area contributed by atoms with Gasteiger partial charge in [-0.3, -0.25) is 4.79 Å². The molecule has 4 heteroatoms. The standard InChI is InChI=1S/C8H13NO3/c10-8(3-9-6-1-2-6)12-7-4-11-5-7/h6-7,9H,1-5H2. The summed E-state index contributed by atoms with van der Waals surface area (Å²) in [5.41, 5.74) is 0. The number of hydrogen-bond donors (Lipinski definition) is 1. The SMILES string of the molecule is O=C(CNC1CC1)OC1COC1. The molecule has 1 N–H and O–H groups in total. The van der Waals surface area contributed by atoms with E-state index in [1.54, 1.807) is 0 Å². The first-order valence-electron chi connectivity index (χ1n) is 4.35. The summed E-state index contributed by atoms with van der Waals surface area (Å²) in [4.78, 5) is 11.0. The van der Waals surface area contributed by atoms with Crippen LogP contribution in [-0.4, -0.2) is 37.9 Å². The van der Waals surface area contributed by atoms with Crippen LogP contribution in [0.1, 0.15) is 12.8 Å². The van der Waals surface area contributed by atoms with Crippen molar-refractivity contribution in [1.82, 2.24) is 5.32 Å². The molecule has 0 amide bonds. The maximum atomic E-state index is 11.0. The van der Waals surface area contributed by atoms with Gasteiger partial charge in [-0.1, -0.05) is 0 Å². The zero-order chi connectivity index (χ0) is 8.39. The minimum absolute atomic E-state index is 0.0125. The number of ether oxygens (including phenoxy) is 2. The Balaban J connectivity index is 1.56. The minimum Gasteiger partial charge on any atom is -0.456 e. The van der Waals surface area contributed by atoms with Crippen LogP contribution in [0.5, 0.6) is 0 Å². The van der Waals surface area contributed by atoms with E-state index >= 15 is 0 Å². The molecule has 1 heterocycles. The Hall–Kier alpha value is -0.610. The van der Waals surface area contributed by atoms with Gasteiger partial charge in [0.1, 0.15) is 6.10 Å². The fraction of sp³-hybridized carbons (Fsp3) is 0.875. The third-order valence-electron chi connectivity index (χ3n) is 2.02. The van der Waals surface area contributed by atoms with Gasteiger partial charge in [-0.05, 0) is 12.8 Å². The Bertz CT molecular complexity index is 175. The molecule has 2 fully saturated rings. The summed E-state index contributed by atoms with van der Waals surface area (Å²) in [6, 6.07) is 0.565. The summed E-state index contributed by atoms with van der Waals surface area (Å²) in [7, 11) is 0. The van der Waals surface area contributed by atoms with Crippen molar-refractivity contribution in [2.75, 3.05) is 19.8 Å². The number of hydrogen-bond acceptors (Lipinski definition) is 4. The van der Waals surface area contributed by atoms with Crippen molar-refractivity contribution in [3.05, 3.63) is 0 Å². The Morgan fingerprint density at radius 2 is 2.25 bits per heavy atom. The van der Waals surface area contributed by atoms with Gasteiger partial charge in [-0.15, -0.1) is 0 Å². The lowest BCUT2D eigenvalue weighted by Gasteiger charge is -2.25. The van der Waals surface area contributed by atoms with Gasteiger partial charge in [-0.2, -0.15) is 0 Å². The van der Waals surface area contributed by atoms with Crippen LogP contribution < -0.4 is 5.32 Å². The van der Waals surface area contributed by atoms with E-state index in [4.69, 9.17) is 9.47 Å². The molecular formula is C8H13NO3. The zero-order valence-corrected chi connectivity index (χ0v) is 6.91. The number of carbonyl (C=O) groups is 1. The van der Waals surface area contributed by atoms with Gasteiger partial charge in [0.2, 0.25) is 0 Å². The predicted octanol–water partition coefficient (Wildman–Crippen LogP) is -0.320. The molecule has 1 saturated carbocycles. The summed E-state index contributed by atoms with van der Waals surface area (Å²) in [5.74, 6) is -0.157. The monoisotopic (exact) mass is 171 g/mol. The first-order chi connectivity index (χ1) is 5.84. The smallest absolute Gasteiger partial charge is 0.320 e. The van der Waals surface area contributed by atoms with Gasteiger partial charge in [0.05, 0.1) is 19.8 Å². The van der Waals surface area contributed by atoms with Crippen LogP contribution in [0, 0.1) is 0 Å². The number of nitrogens with one attached hydrogen (secondary N) is 1. The fourth-order valence-electron chi connectivity index (χ4n) is 1.02. The predicted molar refractivity (Wildman–Crippen MR) is 41.7 cm³/mol. The molecule has 4 nitrogen and oxygen atoms in total. The molecule has 2 aliphatic rings. The molecule has 1 saturated heterocycles. The molecule has 68 valence electrons. The largest absolute Gasteiger partial charge is 0.456 e. The number of carbonyl (C=O) groups excluding carboxylic acids is 1. The van der Waals surface area contributed by atoms with Crippen molar-refractivity contribution in [1.29, 1.82) is 0 Å². The Labute approximate surface area is 71.2 Å². The lowest BCUT2D eigenvalue weighted by molar-refractivity contribution is -0.171. The second-order valence-corrected chi connectivity index (χ2v) is 3.30. The molecule has 0 aromatic heterocycles. The molecule has 1 aliphatic heterocycles. The maximum absolute atomic E-state index is 11.0. The summed E-state index contributed by atoms with van der Waals surface area (Å²) in [5, 5.41) is 3.09. The summed E-state index contributed by atoms with van der Waals surface area (Å²) in [6.45, 7) is 1.48. The summed E-state index contributed by atoms with van der Waals surface area (Å²) >= 11 is 0. The highest BCUT2D eigenvalue weighted by Gasteiger charge is 2.25. The Morgan fingerprint density at radius 3 is 2.75 bits per heavy atom. The maximum Gasteiger partial charge on any atom is 0.320 e. The van der Waals surface area contributed by atoms with E-state index in [1.807, 2.05) is 0 Å². The van der Waals surface area contributed by atoms with Crippen LogP contribution in [0.25, 0.3) is 0 Å². The van der Waals surface area contributed by atoms with Gasteiger partial charge in [0.25, 0.3) is 0 Å². The van der Waals surface area contributed by atoms with Crippen LogP contribution in [0.2, 0.25) is 0 Å². The van der Waals surface area contributed by atoms with Crippen LogP contribution in [0.3, 0.4) is 0 Å². The quantitative estimate of drug-likeness (QED) is 0.589. The minimum atomic E-state index is -0.157. The van der Waals surface area contributed by atoms with E-state index in [9.17, 15) is 4.79 Å². The molecule has 0 atom stereocenters. The third-order valence-corrected chi connectivity index (χ3v) is 2.02. The molecule has 0 unspecified atom stereocenters. The molecule has 1 aliphatic carbocycles. The highest BCUT2D eigenvalue weighted by molar-refractivity contribution is 5.72. The number of esters is 1. The van der Waals surface area contributed by atoms with E-state index in [-0.39, 0.29) is 12.1 Å². The van der Waals surface area contributed by atoms with Gasteiger partial charge >= 0.3 is 5.97 Å². The van der Waals surface area contributed by atoms with E-state index in [2.05, 4.69) is 5.32 Å². The van der Waals surface area contributed by atoms with Gasteiger partial charge in [0.15, 0.2) is 0 Å². The lowest BCUT2D eigenvalue weighted by Crippen LogP contribution is -2.40. The van der Waals surface area contributed by atoms with E-state index in [0.29, 0.717) is 25.8 Å². The highest BCUT2D eigenvalue weighted by atomic mass is 16.6. The highest BCUT2D eigenvalue weighted by Crippen LogP contribution is 2.18. The van der Waals surface area contributed by atoms with E-state index in [0.717, 1.165) is 0 Å². The van der Waals surface area contributed by atoms with Gasteiger partial charge < -0.3 is 14.8 Å². The van der Waals surface area contributed by atoms with Crippen LogP contribution >= 0.6 is 0 Å². The van der Waals surface area contributed by atoms with Crippen molar-refractivity contribution in [3.8, 4) is 0 Å². The first kappa shape index (κ1) is 8.01. The van der Waals surface area contributed by atoms with Crippen molar-refractivity contribution in [2.45, 2.75) is 25.0 Å². The second-order valence-electron chi connectivity index (χ2n) is 3.30. The van der Waals surface area contributed by atoms with Crippen LogP contribution in [0.4, 0.5) is 0 Å². The van der Waals surface area contributed by atoms with Gasteiger partial charge in [-0.25, -0.2) is 0 Å². The molecular weight excluding hydrogens is 158 g/mol. The molecule has 0 aromatic carbocycles. The molecule has 12 heavy (non-hydrogen) atoms. The zero-order valence-electron chi connectivity index (χ0n) is 6.91. The van der Waals surface area contributed by atoms with Gasteiger partial charge in [0, 0.05) is 6.04 Å². The summed E-state index contributed by atoms with van der Waals surface area (Å²) < 4.78 is 9.91. The third kappa shape index (κ3) is 2.19. The first-order valence-corrected chi connectivity index (χ1v) is 4.35. The average Bonchev–Trinajstić information content (AvgIpc) is 2.76. The van der Waals surface area contributed by atoms with E-state index < -0.39 is 0 Å². The fourth-order valence-corrected chi connectivity index (χ4v) is 1.02. The molecule has 0 radical (unpaired) electrons. The topological polar surface area (TPSA) is 47.6 Å². The molecule has 0 aromatic rings. The van der Waals surface area contributed by atoms with Crippen LogP contribution in [-0.2, 0) is 14.3 Å². The molecule has 0 bridgehead atoms. The van der Waals surface area contributed by atoms with Crippen molar-refractivity contribution in [3.63, 3.8) is 0 Å². The van der Waals surface area contributed by atoms with Crippen LogP contribution in [0.15, 0.2) is 0 Å². The molecule has 2 rings (SSSR count). The second kappa shape index (κ2) is 3.41. The lowest BCUT2D eigenvalue weighted by atomic mass is 10.3. The number of rotatable bonds is 4. The Kier molecular flexibility index (Phi) is 2.28. The van der Waals surface area contributed by atoms with Crippen molar-refractivity contribution in [2.24, 2.45) is 0 Å². The molecule has 0 spiro atoms. The van der Waals surface area contributed by atoms with E-state index in [1.165, 1.54) is 12.8 Å². The van der Waals surface area contributed by atoms with Crippen molar-refractivity contribution < 1.29 is 14.3 Å². The summed E-state index contributed by atoms with van der Waals surface area (Å²) in [6.07, 6.45) is 2.40. The normalized spacial score (nSPS) is 23.3. The average molecular weight is 171 g/mol.